The van der Waals surface area contributed by atoms with Gasteiger partial charge in [0.05, 0.1) is 19.0 Å². The monoisotopic (exact) mass is 316 g/mol. The number of nitrogens with zero attached hydrogens (tertiary/aromatic N) is 4. The second kappa shape index (κ2) is 7.45. The van der Waals surface area contributed by atoms with E-state index in [1.807, 2.05) is 16.7 Å². The van der Waals surface area contributed by atoms with Gasteiger partial charge >= 0.3 is 0 Å². The van der Waals surface area contributed by atoms with E-state index in [0.717, 1.165) is 10.8 Å². The summed E-state index contributed by atoms with van der Waals surface area (Å²) < 4.78 is 7.07. The van der Waals surface area contributed by atoms with Crippen LogP contribution in [0.5, 0.6) is 5.88 Å². The van der Waals surface area contributed by atoms with Crippen molar-refractivity contribution in [1.82, 2.24) is 19.7 Å². The van der Waals surface area contributed by atoms with Crippen LogP contribution >= 0.6 is 11.8 Å². The van der Waals surface area contributed by atoms with E-state index in [2.05, 4.69) is 27.3 Å². The van der Waals surface area contributed by atoms with Gasteiger partial charge in [0.15, 0.2) is 5.16 Å². The molecule has 0 N–H and O–H groups in total. The predicted molar refractivity (Wildman–Crippen MR) is 87.6 cm³/mol. The summed E-state index contributed by atoms with van der Waals surface area (Å²) in [6.07, 6.45) is 14.4. The number of hydrogen-bond acceptors (Lipinski definition) is 5. The molecule has 0 amide bonds. The summed E-state index contributed by atoms with van der Waals surface area (Å²) in [6.45, 7) is 0. The van der Waals surface area contributed by atoms with Crippen molar-refractivity contribution in [2.24, 2.45) is 0 Å². The number of hydrogen-bond donors (Lipinski definition) is 0. The summed E-state index contributed by atoms with van der Waals surface area (Å²) in [5, 5.41) is 9.70. The predicted octanol–water partition coefficient (Wildman–Crippen LogP) is 3.65. The Labute approximate surface area is 134 Å². The minimum atomic E-state index is 0.467. The minimum absolute atomic E-state index is 0.467. The molecule has 1 atom stereocenters. The fourth-order valence-electron chi connectivity index (χ4n) is 2.48. The van der Waals surface area contributed by atoms with Crippen LogP contribution in [0, 0.1) is 0 Å². The van der Waals surface area contributed by atoms with Gasteiger partial charge in [-0.1, -0.05) is 36.8 Å². The summed E-state index contributed by atoms with van der Waals surface area (Å²) in [5.41, 5.74) is 0.947. The van der Waals surface area contributed by atoms with Gasteiger partial charge in [0.25, 0.3) is 0 Å². The number of rotatable bonds is 4. The maximum Gasteiger partial charge on any atom is 0.213 e. The van der Waals surface area contributed by atoms with Crippen molar-refractivity contribution in [2.45, 2.75) is 42.5 Å². The third-order valence-electron chi connectivity index (χ3n) is 3.69. The zero-order valence-corrected chi connectivity index (χ0v) is 13.5. The normalized spacial score (nSPS) is 20.1. The first-order valence-electron chi connectivity index (χ1n) is 7.60. The van der Waals surface area contributed by atoms with Crippen molar-refractivity contribution < 1.29 is 4.74 Å². The fourth-order valence-corrected chi connectivity index (χ4v) is 3.59. The van der Waals surface area contributed by atoms with Gasteiger partial charge in [-0.3, -0.25) is 4.57 Å². The second-order valence-electron chi connectivity index (χ2n) is 5.26. The highest BCUT2D eigenvalue weighted by Crippen LogP contribution is 2.29. The summed E-state index contributed by atoms with van der Waals surface area (Å²) in [4.78, 5) is 4.25. The van der Waals surface area contributed by atoms with Crippen molar-refractivity contribution >= 4 is 11.8 Å². The van der Waals surface area contributed by atoms with Crippen molar-refractivity contribution in [3.05, 3.63) is 36.8 Å². The van der Waals surface area contributed by atoms with E-state index >= 15 is 0 Å². The molecule has 5 nitrogen and oxygen atoms in total. The smallest absolute Gasteiger partial charge is 0.213 e. The van der Waals surface area contributed by atoms with E-state index < -0.39 is 0 Å². The molecule has 0 saturated heterocycles. The quantitative estimate of drug-likeness (QED) is 0.806. The van der Waals surface area contributed by atoms with Crippen molar-refractivity contribution in [2.75, 3.05) is 7.11 Å². The third-order valence-corrected chi connectivity index (χ3v) is 4.88. The van der Waals surface area contributed by atoms with Crippen LogP contribution in [0.1, 0.15) is 32.1 Å². The lowest BCUT2D eigenvalue weighted by Crippen LogP contribution is -2.04. The molecule has 0 aromatic carbocycles. The maximum atomic E-state index is 5.10. The highest BCUT2D eigenvalue weighted by atomic mass is 32.2. The Hall–Kier alpha value is -1.82. The van der Waals surface area contributed by atoms with E-state index in [-0.39, 0.29) is 0 Å². The second-order valence-corrected chi connectivity index (χ2v) is 6.47. The van der Waals surface area contributed by atoms with Crippen LogP contribution in [0.2, 0.25) is 0 Å². The topological polar surface area (TPSA) is 52.8 Å². The highest BCUT2D eigenvalue weighted by molar-refractivity contribution is 7.99. The lowest BCUT2D eigenvalue weighted by atomic mass is 10.1. The number of aromatic nitrogens is 4. The Morgan fingerprint density at radius 3 is 3.05 bits per heavy atom. The van der Waals surface area contributed by atoms with Gasteiger partial charge in [-0.15, -0.1) is 10.2 Å². The van der Waals surface area contributed by atoms with Crippen LogP contribution in [-0.4, -0.2) is 32.1 Å². The van der Waals surface area contributed by atoms with Gasteiger partial charge in [-0.2, -0.15) is 0 Å². The van der Waals surface area contributed by atoms with E-state index in [1.54, 1.807) is 31.4 Å². The number of thioether (sulfide) groups is 1. The van der Waals surface area contributed by atoms with Gasteiger partial charge in [-0.25, -0.2) is 4.98 Å². The zero-order chi connectivity index (χ0) is 15.2. The number of pyridine rings is 1. The lowest BCUT2D eigenvalue weighted by molar-refractivity contribution is 0.397. The molecule has 3 rings (SSSR count). The lowest BCUT2D eigenvalue weighted by Gasteiger charge is -2.14. The van der Waals surface area contributed by atoms with Crippen molar-refractivity contribution in [3.8, 4) is 11.6 Å². The van der Waals surface area contributed by atoms with Crippen LogP contribution in [0.3, 0.4) is 0 Å². The molecule has 0 aliphatic heterocycles. The molecule has 1 aliphatic rings. The average Bonchev–Trinajstić information content (AvgIpc) is 2.98. The van der Waals surface area contributed by atoms with Crippen LogP contribution in [-0.2, 0) is 0 Å². The highest BCUT2D eigenvalue weighted by Gasteiger charge is 2.14. The largest absolute Gasteiger partial charge is 0.481 e. The van der Waals surface area contributed by atoms with Crippen LogP contribution in [0.25, 0.3) is 5.69 Å². The molecule has 2 heterocycles. The molecule has 22 heavy (non-hydrogen) atoms. The molecule has 2 aromatic rings. The molecular weight excluding hydrogens is 296 g/mol. The van der Waals surface area contributed by atoms with E-state index in [1.165, 1.54) is 32.1 Å². The van der Waals surface area contributed by atoms with Crippen LogP contribution in [0.4, 0.5) is 0 Å². The molecule has 0 fully saturated rings. The average molecular weight is 316 g/mol. The number of allylic oxidation sites excluding steroid dienone is 1. The molecule has 2 aromatic heterocycles. The SMILES string of the molecule is COc1ccc(-n2cnnc2SC2/C=C\CCCCC2)cn1. The zero-order valence-electron chi connectivity index (χ0n) is 12.7. The van der Waals surface area contributed by atoms with Gasteiger partial charge in [0.2, 0.25) is 5.88 Å². The third kappa shape index (κ3) is 3.68. The maximum absolute atomic E-state index is 5.10. The first-order valence-corrected chi connectivity index (χ1v) is 8.48. The summed E-state index contributed by atoms with van der Waals surface area (Å²) >= 11 is 1.77. The number of methoxy groups -OCH3 is 1. The van der Waals surface area contributed by atoms with E-state index in [4.69, 9.17) is 4.74 Å². The molecule has 1 unspecified atom stereocenters. The first kappa shape index (κ1) is 15.1. The van der Waals surface area contributed by atoms with Gasteiger partial charge < -0.3 is 4.74 Å². The molecule has 116 valence electrons. The number of ether oxygens (including phenoxy) is 1. The molecule has 6 heteroatoms. The van der Waals surface area contributed by atoms with Gasteiger partial charge in [0.1, 0.15) is 6.33 Å². The van der Waals surface area contributed by atoms with Crippen LogP contribution < -0.4 is 4.74 Å². The molecule has 0 saturated carbocycles. The Balaban J connectivity index is 1.77. The molecule has 1 aliphatic carbocycles. The Morgan fingerprint density at radius 2 is 2.23 bits per heavy atom. The first-order chi connectivity index (χ1) is 10.9. The standard InChI is InChI=1S/C16H20N4OS/c1-21-15-10-9-13(11-17-15)20-12-18-19-16(20)22-14-7-5-3-2-4-6-8-14/h5,7,9-12,14H,2-4,6,8H2,1H3/b7-5-. The summed E-state index contributed by atoms with van der Waals surface area (Å²) in [5.74, 6) is 0.606. The van der Waals surface area contributed by atoms with E-state index in [9.17, 15) is 0 Å². The Bertz CT molecular complexity index is 623. The van der Waals surface area contributed by atoms with Crippen molar-refractivity contribution in [1.29, 1.82) is 0 Å². The van der Waals surface area contributed by atoms with Crippen molar-refractivity contribution in [3.63, 3.8) is 0 Å². The van der Waals surface area contributed by atoms with E-state index in [0.29, 0.717) is 11.1 Å². The Morgan fingerprint density at radius 1 is 1.27 bits per heavy atom. The summed E-state index contributed by atoms with van der Waals surface area (Å²) in [6, 6.07) is 3.81. The Kier molecular flexibility index (Phi) is 5.11. The van der Waals surface area contributed by atoms with Crippen LogP contribution in [0.15, 0.2) is 42.0 Å². The van der Waals surface area contributed by atoms with Gasteiger partial charge in [-0.05, 0) is 25.3 Å². The molecule has 0 radical (unpaired) electrons. The fraction of sp³-hybridized carbons (Fsp3) is 0.438. The molecule has 0 bridgehead atoms. The molecular formula is C16H20N4OS. The summed E-state index contributed by atoms with van der Waals surface area (Å²) in [7, 11) is 1.61. The van der Waals surface area contributed by atoms with Gasteiger partial charge in [0, 0.05) is 11.3 Å². The molecule has 0 spiro atoms. The minimum Gasteiger partial charge on any atom is -0.481 e.